The van der Waals surface area contributed by atoms with Crippen LogP contribution in [0.1, 0.15) is 64.7 Å². The molecule has 0 aromatic carbocycles. The van der Waals surface area contributed by atoms with E-state index in [2.05, 4.69) is 0 Å². The number of nitrogens with zero attached hydrogens (tertiary/aromatic N) is 2. The summed E-state index contributed by atoms with van der Waals surface area (Å²) in [5.74, 6) is 1.06. The van der Waals surface area contributed by atoms with Crippen molar-refractivity contribution >= 4 is 11.8 Å². The van der Waals surface area contributed by atoms with Crippen LogP contribution in [-0.2, 0) is 9.59 Å². The van der Waals surface area contributed by atoms with Gasteiger partial charge in [0.2, 0.25) is 11.8 Å². The van der Waals surface area contributed by atoms with Crippen LogP contribution in [0.3, 0.4) is 0 Å². The molecule has 0 aromatic heterocycles. The van der Waals surface area contributed by atoms with Crippen molar-refractivity contribution in [1.29, 1.82) is 0 Å². The first-order valence-corrected chi connectivity index (χ1v) is 9.44. The fourth-order valence-electron chi connectivity index (χ4n) is 3.81. The third kappa shape index (κ3) is 5.48. The molecule has 1 aliphatic carbocycles. The third-order valence-electron chi connectivity index (χ3n) is 5.35. The zero-order valence-electron chi connectivity index (χ0n) is 14.6. The molecule has 0 aromatic rings. The molecule has 23 heavy (non-hydrogen) atoms. The molecule has 1 saturated carbocycles. The fraction of sp³-hybridized carbons (Fsp3) is 0.889. The first-order valence-electron chi connectivity index (χ1n) is 9.44. The molecule has 2 rings (SSSR count). The normalized spacial score (nSPS) is 21.3. The minimum Gasteiger partial charge on any atom is -0.339 e. The van der Waals surface area contributed by atoms with Crippen molar-refractivity contribution in [3.8, 4) is 0 Å². The van der Waals surface area contributed by atoms with Crippen molar-refractivity contribution in [3.63, 3.8) is 0 Å². The molecule has 5 heteroatoms. The number of rotatable bonds is 6. The lowest BCUT2D eigenvalue weighted by Gasteiger charge is -2.36. The highest BCUT2D eigenvalue weighted by molar-refractivity contribution is 5.82. The number of carbonyl (C=O) groups is 2. The van der Waals surface area contributed by atoms with E-state index >= 15 is 0 Å². The number of piperazine rings is 1. The van der Waals surface area contributed by atoms with Crippen LogP contribution in [0.15, 0.2) is 0 Å². The van der Waals surface area contributed by atoms with Crippen molar-refractivity contribution in [3.05, 3.63) is 0 Å². The highest BCUT2D eigenvalue weighted by atomic mass is 16.2. The van der Waals surface area contributed by atoms with Crippen LogP contribution in [0.25, 0.3) is 0 Å². The molecule has 1 heterocycles. The third-order valence-corrected chi connectivity index (χ3v) is 5.35. The Bertz CT molecular complexity index is 386. The van der Waals surface area contributed by atoms with Gasteiger partial charge in [0.1, 0.15) is 0 Å². The van der Waals surface area contributed by atoms with Gasteiger partial charge in [-0.3, -0.25) is 9.59 Å². The van der Waals surface area contributed by atoms with E-state index in [0.29, 0.717) is 32.6 Å². The minimum atomic E-state index is -0.381. The first kappa shape index (κ1) is 18.2. The first-order chi connectivity index (χ1) is 11.1. The van der Waals surface area contributed by atoms with E-state index in [4.69, 9.17) is 5.73 Å². The average Bonchev–Trinajstić information content (AvgIpc) is 2.60. The Hall–Kier alpha value is -1.10. The molecule has 132 valence electrons. The predicted octanol–water partition coefficient (Wildman–Crippen LogP) is 2.15. The predicted molar refractivity (Wildman–Crippen MR) is 91.9 cm³/mol. The van der Waals surface area contributed by atoms with Gasteiger partial charge in [0.05, 0.1) is 6.04 Å². The van der Waals surface area contributed by atoms with Gasteiger partial charge in [0.25, 0.3) is 0 Å². The Morgan fingerprint density at radius 1 is 1.04 bits per heavy atom. The molecule has 2 aliphatic rings. The van der Waals surface area contributed by atoms with Crippen LogP contribution in [0.5, 0.6) is 0 Å². The maximum atomic E-state index is 12.4. The van der Waals surface area contributed by atoms with Crippen LogP contribution in [-0.4, -0.2) is 53.8 Å². The summed E-state index contributed by atoms with van der Waals surface area (Å²) >= 11 is 0. The van der Waals surface area contributed by atoms with Gasteiger partial charge in [0.15, 0.2) is 0 Å². The zero-order chi connectivity index (χ0) is 16.7. The smallest absolute Gasteiger partial charge is 0.239 e. The number of hydrogen-bond donors (Lipinski definition) is 1. The second kappa shape index (κ2) is 9.26. The Balaban J connectivity index is 1.68. The van der Waals surface area contributed by atoms with Crippen molar-refractivity contribution < 1.29 is 9.59 Å². The lowest BCUT2D eigenvalue weighted by molar-refractivity contribution is -0.140. The molecule has 1 atom stereocenters. The van der Waals surface area contributed by atoms with E-state index in [9.17, 15) is 9.59 Å². The molecule has 5 nitrogen and oxygen atoms in total. The van der Waals surface area contributed by atoms with Crippen LogP contribution in [0.4, 0.5) is 0 Å². The second-order valence-electron chi connectivity index (χ2n) is 7.14. The SMILES string of the molecule is CCCC(N)C(=O)N1CCN(C(=O)CCC2CCCCC2)CC1. The van der Waals surface area contributed by atoms with E-state index in [-0.39, 0.29) is 17.9 Å². The molecule has 2 fully saturated rings. The Labute approximate surface area is 140 Å². The quantitative estimate of drug-likeness (QED) is 0.814. The number of carbonyl (C=O) groups excluding carboxylic acids is 2. The zero-order valence-corrected chi connectivity index (χ0v) is 14.6. The summed E-state index contributed by atoms with van der Waals surface area (Å²) in [7, 11) is 0. The van der Waals surface area contributed by atoms with Crippen LogP contribution < -0.4 is 5.73 Å². The largest absolute Gasteiger partial charge is 0.339 e. The molecule has 2 N–H and O–H groups in total. The Morgan fingerprint density at radius 2 is 1.65 bits per heavy atom. The summed E-state index contributed by atoms with van der Waals surface area (Å²) in [6, 6.07) is -0.381. The summed E-state index contributed by atoms with van der Waals surface area (Å²) < 4.78 is 0. The summed E-state index contributed by atoms with van der Waals surface area (Å²) in [4.78, 5) is 28.3. The highest BCUT2D eigenvalue weighted by Gasteiger charge is 2.27. The standard InChI is InChI=1S/C18H33N3O2/c1-2-6-16(19)18(23)21-13-11-20(12-14-21)17(22)10-9-15-7-4-3-5-8-15/h15-16H,2-14,19H2,1H3. The Kier molecular flexibility index (Phi) is 7.34. The van der Waals surface area contributed by atoms with Crippen LogP contribution >= 0.6 is 0 Å². The summed E-state index contributed by atoms with van der Waals surface area (Å²) in [6.45, 7) is 4.62. The van der Waals surface area contributed by atoms with Crippen molar-refractivity contribution in [2.45, 2.75) is 70.8 Å². The molecule has 0 spiro atoms. The van der Waals surface area contributed by atoms with Crippen LogP contribution in [0, 0.1) is 5.92 Å². The lowest BCUT2D eigenvalue weighted by Crippen LogP contribution is -2.54. The molecule has 1 unspecified atom stereocenters. The monoisotopic (exact) mass is 323 g/mol. The maximum absolute atomic E-state index is 12.4. The van der Waals surface area contributed by atoms with E-state index in [1.165, 1.54) is 32.1 Å². The van der Waals surface area contributed by atoms with Gasteiger partial charge in [-0.2, -0.15) is 0 Å². The molecule has 2 amide bonds. The fourth-order valence-corrected chi connectivity index (χ4v) is 3.81. The van der Waals surface area contributed by atoms with Gasteiger partial charge < -0.3 is 15.5 Å². The topological polar surface area (TPSA) is 66.6 Å². The summed E-state index contributed by atoms with van der Waals surface area (Å²) in [5, 5.41) is 0. The minimum absolute atomic E-state index is 0.0427. The molecule has 1 saturated heterocycles. The van der Waals surface area contributed by atoms with Gasteiger partial charge in [-0.1, -0.05) is 45.4 Å². The molecule has 0 bridgehead atoms. The van der Waals surface area contributed by atoms with Gasteiger partial charge in [-0.05, 0) is 18.8 Å². The maximum Gasteiger partial charge on any atom is 0.239 e. The van der Waals surface area contributed by atoms with Crippen LogP contribution in [0.2, 0.25) is 0 Å². The van der Waals surface area contributed by atoms with Crippen molar-refractivity contribution in [1.82, 2.24) is 9.80 Å². The average molecular weight is 323 g/mol. The van der Waals surface area contributed by atoms with E-state index < -0.39 is 0 Å². The van der Waals surface area contributed by atoms with E-state index in [1.807, 2.05) is 16.7 Å². The number of nitrogens with two attached hydrogens (primary N) is 1. The molecule has 0 radical (unpaired) electrons. The van der Waals surface area contributed by atoms with Gasteiger partial charge in [-0.25, -0.2) is 0 Å². The van der Waals surface area contributed by atoms with Gasteiger partial charge in [-0.15, -0.1) is 0 Å². The van der Waals surface area contributed by atoms with Crippen molar-refractivity contribution in [2.75, 3.05) is 26.2 Å². The Morgan fingerprint density at radius 3 is 2.26 bits per heavy atom. The number of hydrogen-bond acceptors (Lipinski definition) is 3. The lowest BCUT2D eigenvalue weighted by atomic mass is 9.86. The number of amides is 2. The summed E-state index contributed by atoms with van der Waals surface area (Å²) in [6.07, 6.45) is 9.99. The molecular weight excluding hydrogens is 290 g/mol. The molecular formula is C18H33N3O2. The summed E-state index contributed by atoms with van der Waals surface area (Å²) in [5.41, 5.74) is 5.91. The van der Waals surface area contributed by atoms with Crippen molar-refractivity contribution in [2.24, 2.45) is 11.7 Å². The van der Waals surface area contributed by atoms with Gasteiger partial charge in [0, 0.05) is 32.6 Å². The molecule has 1 aliphatic heterocycles. The van der Waals surface area contributed by atoms with E-state index in [0.717, 1.165) is 25.2 Å². The second-order valence-corrected chi connectivity index (χ2v) is 7.14. The highest BCUT2D eigenvalue weighted by Crippen LogP contribution is 2.27. The van der Waals surface area contributed by atoms with Gasteiger partial charge >= 0.3 is 0 Å². The van der Waals surface area contributed by atoms with E-state index in [1.54, 1.807) is 0 Å².